The minimum absolute atomic E-state index is 1.15. The molecule has 1 aliphatic heterocycles. The Bertz CT molecular complexity index is 280. The van der Waals surface area contributed by atoms with Crippen LogP contribution in [-0.2, 0) is 16.5 Å². The smallest absolute Gasteiger partial charge is 0.303 e. The van der Waals surface area contributed by atoms with E-state index >= 15 is 0 Å². The fourth-order valence-electron chi connectivity index (χ4n) is 3.59. The minimum atomic E-state index is -1.62. The second-order valence-electron chi connectivity index (χ2n) is 8.25. The molecular formula is C20H48O4Si4. The molecule has 0 unspecified atom stereocenters. The molecule has 0 amide bonds. The van der Waals surface area contributed by atoms with E-state index < -0.39 is 37.1 Å². The summed E-state index contributed by atoms with van der Waals surface area (Å²) >= 11 is 0. The van der Waals surface area contributed by atoms with Gasteiger partial charge in [0.15, 0.2) is 0 Å². The van der Waals surface area contributed by atoms with Gasteiger partial charge in [-0.05, 0) is 24.2 Å². The van der Waals surface area contributed by atoms with Crippen LogP contribution in [0, 0.1) is 0 Å². The number of unbranched alkanes of at least 4 members (excludes halogenated alkanes) is 8. The molecule has 1 saturated heterocycles. The Kier molecular flexibility index (Phi) is 17.6. The van der Waals surface area contributed by atoms with Gasteiger partial charge in [0.25, 0.3) is 0 Å². The lowest BCUT2D eigenvalue weighted by atomic mass is 10.3. The molecule has 4 nitrogen and oxygen atoms in total. The van der Waals surface area contributed by atoms with Crippen LogP contribution in [-0.4, -0.2) is 37.1 Å². The van der Waals surface area contributed by atoms with Gasteiger partial charge in [-0.2, -0.15) is 0 Å². The van der Waals surface area contributed by atoms with E-state index in [0.717, 1.165) is 24.2 Å². The summed E-state index contributed by atoms with van der Waals surface area (Å²) in [5.41, 5.74) is 0. The summed E-state index contributed by atoms with van der Waals surface area (Å²) in [6.45, 7) is 9.07. The van der Waals surface area contributed by atoms with Gasteiger partial charge in [0.2, 0.25) is 0 Å². The highest BCUT2D eigenvalue weighted by Crippen LogP contribution is 2.21. The lowest BCUT2D eigenvalue weighted by Crippen LogP contribution is -2.48. The van der Waals surface area contributed by atoms with Crippen molar-refractivity contribution in [3.63, 3.8) is 0 Å². The van der Waals surface area contributed by atoms with Gasteiger partial charge in [-0.25, -0.2) is 0 Å². The van der Waals surface area contributed by atoms with E-state index in [0.29, 0.717) is 0 Å². The summed E-state index contributed by atoms with van der Waals surface area (Å²) in [4.78, 5) is 0. The first-order chi connectivity index (χ1) is 13.7. The molecule has 0 bridgehead atoms. The van der Waals surface area contributed by atoms with Crippen LogP contribution in [0.25, 0.3) is 0 Å². The topological polar surface area (TPSA) is 36.9 Å². The maximum atomic E-state index is 6.68. The lowest BCUT2D eigenvalue weighted by Gasteiger charge is -2.34. The van der Waals surface area contributed by atoms with Crippen LogP contribution in [0.4, 0.5) is 0 Å². The molecule has 0 N–H and O–H groups in total. The van der Waals surface area contributed by atoms with Gasteiger partial charge in [-0.3, -0.25) is 0 Å². The van der Waals surface area contributed by atoms with E-state index in [9.17, 15) is 0 Å². The normalized spacial score (nSPS) is 26.1. The van der Waals surface area contributed by atoms with Crippen LogP contribution in [0.5, 0.6) is 0 Å². The van der Waals surface area contributed by atoms with Gasteiger partial charge >= 0.3 is 37.1 Å². The molecule has 1 fully saturated rings. The number of hydrogen-bond donors (Lipinski definition) is 0. The van der Waals surface area contributed by atoms with E-state index in [1.54, 1.807) is 0 Å². The van der Waals surface area contributed by atoms with Crippen molar-refractivity contribution in [2.75, 3.05) is 0 Å². The Labute approximate surface area is 182 Å². The van der Waals surface area contributed by atoms with Gasteiger partial charge in [-0.15, -0.1) is 0 Å². The lowest BCUT2D eigenvalue weighted by molar-refractivity contribution is 0.275. The monoisotopic (exact) mass is 464 g/mol. The average Bonchev–Trinajstić information content (AvgIpc) is 2.66. The Balaban J connectivity index is 2.71. The zero-order chi connectivity index (χ0) is 20.5. The Morgan fingerprint density at radius 2 is 0.571 bits per heavy atom. The van der Waals surface area contributed by atoms with E-state index in [-0.39, 0.29) is 0 Å². The third kappa shape index (κ3) is 13.1. The van der Waals surface area contributed by atoms with Gasteiger partial charge in [0, 0.05) is 0 Å². The van der Waals surface area contributed by atoms with Gasteiger partial charge in [0.1, 0.15) is 0 Å². The Morgan fingerprint density at radius 3 is 0.750 bits per heavy atom. The van der Waals surface area contributed by atoms with Gasteiger partial charge in [-0.1, -0.05) is 105 Å². The van der Waals surface area contributed by atoms with E-state index in [1.807, 2.05) is 0 Å². The van der Waals surface area contributed by atoms with Crippen molar-refractivity contribution in [1.82, 2.24) is 0 Å². The van der Waals surface area contributed by atoms with Gasteiger partial charge in [0.05, 0.1) is 0 Å². The molecular weight excluding hydrogens is 417 g/mol. The first-order valence-corrected chi connectivity index (χ1v) is 19.4. The van der Waals surface area contributed by atoms with Crippen molar-refractivity contribution >= 4 is 37.1 Å². The second kappa shape index (κ2) is 18.5. The highest BCUT2D eigenvalue weighted by Gasteiger charge is 2.33. The molecule has 0 aromatic rings. The highest BCUT2D eigenvalue weighted by atomic mass is 28.5. The fourth-order valence-corrected chi connectivity index (χ4v) is 19.2. The molecule has 1 aliphatic rings. The summed E-state index contributed by atoms with van der Waals surface area (Å²) in [7, 11) is -6.46. The van der Waals surface area contributed by atoms with Crippen molar-refractivity contribution in [3.8, 4) is 0 Å². The van der Waals surface area contributed by atoms with E-state index in [4.69, 9.17) is 16.5 Å². The first kappa shape index (κ1) is 26.7. The first-order valence-electron chi connectivity index (χ1n) is 12.3. The maximum absolute atomic E-state index is 6.68. The van der Waals surface area contributed by atoms with Gasteiger partial charge < -0.3 is 16.5 Å². The number of rotatable bonds is 16. The zero-order valence-electron chi connectivity index (χ0n) is 19.3. The summed E-state index contributed by atoms with van der Waals surface area (Å²) in [6, 6.07) is 4.60. The largest absolute Gasteiger partial charge is 0.420 e. The zero-order valence-corrected chi connectivity index (χ0v) is 23.9. The molecule has 0 radical (unpaired) electrons. The fraction of sp³-hybridized carbons (Fsp3) is 1.00. The van der Waals surface area contributed by atoms with Crippen molar-refractivity contribution in [3.05, 3.63) is 0 Å². The summed E-state index contributed by atoms with van der Waals surface area (Å²) in [5, 5.41) is 0. The summed E-state index contributed by atoms with van der Waals surface area (Å²) < 4.78 is 26.7. The second-order valence-corrected chi connectivity index (χ2v) is 18.3. The van der Waals surface area contributed by atoms with Crippen molar-refractivity contribution in [2.24, 2.45) is 0 Å². The van der Waals surface area contributed by atoms with Crippen LogP contribution in [0.3, 0.4) is 0 Å². The highest BCUT2D eigenvalue weighted by molar-refractivity contribution is 6.73. The Morgan fingerprint density at radius 1 is 0.357 bits per heavy atom. The predicted molar refractivity (Wildman–Crippen MR) is 130 cm³/mol. The van der Waals surface area contributed by atoms with E-state index in [1.165, 1.54) is 77.0 Å². The number of hydrogen-bond acceptors (Lipinski definition) is 4. The van der Waals surface area contributed by atoms with Crippen LogP contribution in [0.2, 0.25) is 24.2 Å². The third-order valence-electron chi connectivity index (χ3n) is 5.39. The molecule has 1 heterocycles. The Hall–Kier alpha value is 0.708. The quantitative estimate of drug-likeness (QED) is 0.216. The van der Waals surface area contributed by atoms with E-state index in [2.05, 4.69) is 27.7 Å². The van der Waals surface area contributed by atoms with Crippen LogP contribution >= 0.6 is 0 Å². The molecule has 168 valence electrons. The molecule has 1 rings (SSSR count). The molecule has 0 aliphatic carbocycles. The summed E-state index contributed by atoms with van der Waals surface area (Å²) in [5.74, 6) is 0. The predicted octanol–water partition coefficient (Wildman–Crippen LogP) is 5.71. The summed E-state index contributed by atoms with van der Waals surface area (Å²) in [6.07, 6.45) is 15.2. The van der Waals surface area contributed by atoms with Crippen LogP contribution in [0.1, 0.15) is 105 Å². The van der Waals surface area contributed by atoms with Crippen molar-refractivity contribution < 1.29 is 16.5 Å². The molecule has 0 saturated carbocycles. The third-order valence-corrected chi connectivity index (χ3v) is 18.6. The minimum Gasteiger partial charge on any atom is -0.420 e. The molecule has 0 aromatic carbocycles. The van der Waals surface area contributed by atoms with Crippen LogP contribution in [0.15, 0.2) is 0 Å². The molecule has 28 heavy (non-hydrogen) atoms. The molecule has 0 atom stereocenters. The van der Waals surface area contributed by atoms with Crippen LogP contribution < -0.4 is 0 Å². The maximum Gasteiger partial charge on any atom is 0.303 e. The van der Waals surface area contributed by atoms with Crippen molar-refractivity contribution in [1.29, 1.82) is 0 Å². The average molecular weight is 465 g/mol. The van der Waals surface area contributed by atoms with Crippen molar-refractivity contribution in [2.45, 2.75) is 129 Å². The SMILES string of the molecule is CCCCC[SiH]1O[SiH](CCCCC)O[SiH](CCCCC)O[SiH](CCCCC)O1. The molecule has 8 heteroatoms. The molecule has 0 spiro atoms. The molecule has 0 aromatic heterocycles. The standard InChI is InChI=1S/C20H48O4Si4/c1-5-9-13-17-25-21-26(18-14-10-6-2)23-28(20-16-12-8-4)24-27(22-25)19-15-11-7-3/h25-28H,5-20H2,1-4H3.